The summed E-state index contributed by atoms with van der Waals surface area (Å²) < 4.78 is 12.7. The lowest BCUT2D eigenvalue weighted by Gasteiger charge is -2.14. The first kappa shape index (κ1) is 28.1. The highest BCUT2D eigenvalue weighted by Crippen LogP contribution is 2.35. The van der Waals surface area contributed by atoms with Crippen molar-refractivity contribution in [3.05, 3.63) is 79.1 Å². The van der Waals surface area contributed by atoms with Crippen molar-refractivity contribution in [1.29, 1.82) is 5.26 Å². The molecule has 0 unspecified atom stereocenters. The van der Waals surface area contributed by atoms with Gasteiger partial charge in [0.1, 0.15) is 17.4 Å². The first-order valence-electron chi connectivity index (χ1n) is 12.8. The molecule has 2 heterocycles. The molecule has 3 N–H and O–H groups in total. The molecule has 0 aliphatic carbocycles. The van der Waals surface area contributed by atoms with Crippen LogP contribution >= 0.6 is 0 Å². The van der Waals surface area contributed by atoms with Crippen LogP contribution in [0.5, 0.6) is 5.75 Å². The van der Waals surface area contributed by atoms with Gasteiger partial charge in [-0.15, -0.1) is 0 Å². The Kier molecular flexibility index (Phi) is 8.62. The van der Waals surface area contributed by atoms with E-state index in [0.29, 0.717) is 29.1 Å². The maximum Gasteiger partial charge on any atom is 0.324 e. The number of hydrogen-bond acceptors (Lipinski definition) is 7. The normalized spacial score (nSPS) is 11.6. The number of esters is 1. The molecule has 0 radical (unpaired) electrons. The van der Waals surface area contributed by atoms with Gasteiger partial charge in [-0.2, -0.15) is 5.26 Å². The van der Waals surface area contributed by atoms with Crippen molar-refractivity contribution in [3.8, 4) is 34.1 Å². The minimum Gasteiger partial charge on any atom is -0.497 e. The summed E-state index contributed by atoms with van der Waals surface area (Å²) in [5.41, 5.74) is 10.8. The number of hydrogen-bond donors (Lipinski definition) is 2. The molecule has 9 nitrogen and oxygen atoms in total. The minimum atomic E-state index is -0.711. The summed E-state index contributed by atoms with van der Waals surface area (Å²) in [5, 5.41) is 13.0. The van der Waals surface area contributed by atoms with Crippen molar-refractivity contribution in [2.45, 2.75) is 33.0 Å². The van der Waals surface area contributed by atoms with Crippen LogP contribution in [0, 0.1) is 17.2 Å². The number of nitrogens with one attached hydrogen (secondary N) is 1. The Bertz CT molecular complexity index is 1620. The van der Waals surface area contributed by atoms with Gasteiger partial charge in [-0.3, -0.25) is 14.2 Å². The molecule has 9 heteroatoms. The molecule has 4 rings (SSSR count). The van der Waals surface area contributed by atoms with Crippen LogP contribution in [0.4, 0.5) is 5.69 Å². The lowest BCUT2D eigenvalue weighted by Crippen LogP contribution is -2.33. The van der Waals surface area contributed by atoms with Crippen molar-refractivity contribution < 1.29 is 19.1 Å². The van der Waals surface area contributed by atoms with E-state index in [1.54, 1.807) is 36.1 Å². The molecule has 0 spiro atoms. The summed E-state index contributed by atoms with van der Waals surface area (Å²) in [6.07, 6.45) is 5.27. The summed E-state index contributed by atoms with van der Waals surface area (Å²) in [6.45, 7) is 7.42. The van der Waals surface area contributed by atoms with Gasteiger partial charge in [-0.25, -0.2) is 4.98 Å². The summed E-state index contributed by atoms with van der Waals surface area (Å²) in [5.74, 6) is -0.00439. The number of amides is 1. The van der Waals surface area contributed by atoms with Gasteiger partial charge in [0.2, 0.25) is 5.91 Å². The van der Waals surface area contributed by atoms with E-state index >= 15 is 0 Å². The number of methoxy groups -OCH3 is 1. The van der Waals surface area contributed by atoms with E-state index in [1.165, 1.54) is 6.08 Å². The maximum absolute atomic E-state index is 12.5. The Labute approximate surface area is 232 Å². The smallest absolute Gasteiger partial charge is 0.324 e. The van der Waals surface area contributed by atoms with Gasteiger partial charge in [0.25, 0.3) is 0 Å². The number of carbonyl (C=O) groups is 2. The number of aromatic nitrogens is 2. The van der Waals surface area contributed by atoms with Crippen molar-refractivity contribution >= 4 is 28.6 Å². The van der Waals surface area contributed by atoms with Crippen molar-refractivity contribution in [1.82, 2.24) is 9.55 Å². The molecular formula is C31H31N5O4. The molecule has 1 atom stereocenters. The quantitative estimate of drug-likeness (QED) is 0.209. The topological polar surface area (TPSA) is 132 Å². The summed E-state index contributed by atoms with van der Waals surface area (Å²) in [4.78, 5) is 29.1. The molecule has 204 valence electrons. The summed E-state index contributed by atoms with van der Waals surface area (Å²) in [6, 6.07) is 16.1. The number of rotatable bonds is 10. The number of nitriles is 1. The molecule has 0 saturated heterocycles. The first-order valence-corrected chi connectivity index (χ1v) is 12.8. The lowest BCUT2D eigenvalue weighted by atomic mass is 10.0. The van der Waals surface area contributed by atoms with Crippen molar-refractivity contribution in [2.24, 2.45) is 11.7 Å². The first-order chi connectivity index (χ1) is 19.2. The molecule has 0 aliphatic heterocycles. The zero-order valence-corrected chi connectivity index (χ0v) is 22.7. The molecule has 4 aromatic rings. The summed E-state index contributed by atoms with van der Waals surface area (Å²) >= 11 is 0. The molecule has 1 amide bonds. The van der Waals surface area contributed by atoms with Crippen molar-refractivity contribution in [2.75, 3.05) is 12.4 Å². The zero-order valence-electron chi connectivity index (χ0n) is 22.7. The fourth-order valence-electron chi connectivity index (χ4n) is 4.41. The average molecular weight is 538 g/mol. The molecular weight excluding hydrogens is 506 g/mol. The molecule has 0 bridgehead atoms. The van der Waals surface area contributed by atoms with E-state index < -0.39 is 12.0 Å². The van der Waals surface area contributed by atoms with E-state index in [2.05, 4.69) is 18.0 Å². The lowest BCUT2D eigenvalue weighted by molar-refractivity contribution is -0.149. The standard InChI is InChI=1S/C31H31N5O4/c1-5-29(37)35-24-11-22(12-25(14-24)39-4)23-13-26-27(21-8-6-7-20(10-21)15-32)17-36(30(26)34-16-23)18-40-31(38)28(33)9-19(2)3/h5-8,10-14,16-17,19,28H,1,9,18,33H2,2-4H3,(H,35,37)/t28-/m0/s1. The Balaban J connectivity index is 1.79. The Hall–Kier alpha value is -4.94. The van der Waals surface area contributed by atoms with E-state index in [9.17, 15) is 14.9 Å². The van der Waals surface area contributed by atoms with E-state index in [1.807, 2.05) is 50.4 Å². The predicted octanol–water partition coefficient (Wildman–Crippen LogP) is 5.25. The number of pyridine rings is 1. The van der Waals surface area contributed by atoms with Crippen LogP contribution in [0.3, 0.4) is 0 Å². The Morgan fingerprint density at radius 2 is 1.98 bits per heavy atom. The number of ether oxygens (including phenoxy) is 2. The van der Waals surface area contributed by atoms with Gasteiger partial charge in [0.05, 0.1) is 18.7 Å². The highest BCUT2D eigenvalue weighted by Gasteiger charge is 2.19. The third kappa shape index (κ3) is 6.37. The largest absolute Gasteiger partial charge is 0.497 e. The van der Waals surface area contributed by atoms with Crippen LogP contribution in [0.2, 0.25) is 0 Å². The minimum absolute atomic E-state index is 0.0672. The highest BCUT2D eigenvalue weighted by molar-refractivity contribution is 6.00. The van der Waals surface area contributed by atoms with Gasteiger partial charge in [0, 0.05) is 40.7 Å². The Morgan fingerprint density at radius 1 is 1.18 bits per heavy atom. The number of carbonyl (C=O) groups excluding carboxylic acids is 2. The van der Waals surface area contributed by atoms with Crippen molar-refractivity contribution in [3.63, 3.8) is 0 Å². The van der Waals surface area contributed by atoms with E-state index in [4.69, 9.17) is 20.2 Å². The third-order valence-corrected chi connectivity index (χ3v) is 6.32. The SMILES string of the molecule is C=CC(=O)Nc1cc(OC)cc(-c2cnc3c(c2)c(-c2cccc(C#N)c2)cn3COC(=O)[C@@H](N)CC(C)C)c1. The van der Waals surface area contributed by atoms with Gasteiger partial charge in [0.15, 0.2) is 6.73 Å². The van der Waals surface area contributed by atoms with Gasteiger partial charge in [-0.05, 0) is 59.9 Å². The van der Waals surface area contributed by atoms with Crippen LogP contribution in [-0.2, 0) is 21.1 Å². The van der Waals surface area contributed by atoms with Crippen LogP contribution in [-0.4, -0.2) is 34.6 Å². The fourth-order valence-corrected chi connectivity index (χ4v) is 4.41. The van der Waals surface area contributed by atoms with Crippen LogP contribution < -0.4 is 15.8 Å². The molecule has 0 saturated carbocycles. The average Bonchev–Trinajstić information content (AvgIpc) is 3.33. The number of benzene rings is 2. The number of nitrogens with zero attached hydrogens (tertiary/aromatic N) is 3. The van der Waals surface area contributed by atoms with Gasteiger partial charge < -0.3 is 20.5 Å². The van der Waals surface area contributed by atoms with Crippen LogP contribution in [0.1, 0.15) is 25.8 Å². The molecule has 40 heavy (non-hydrogen) atoms. The highest BCUT2D eigenvalue weighted by atomic mass is 16.5. The second kappa shape index (κ2) is 12.3. The summed E-state index contributed by atoms with van der Waals surface area (Å²) in [7, 11) is 1.55. The second-order valence-corrected chi connectivity index (χ2v) is 9.77. The predicted molar refractivity (Wildman–Crippen MR) is 154 cm³/mol. The third-order valence-electron chi connectivity index (χ3n) is 6.32. The maximum atomic E-state index is 12.5. The molecule has 2 aromatic heterocycles. The molecule has 0 fully saturated rings. The fraction of sp³-hybridized carbons (Fsp3) is 0.226. The molecule has 2 aromatic carbocycles. The second-order valence-electron chi connectivity index (χ2n) is 9.77. The number of fused-ring (bicyclic) bond motifs is 1. The van der Waals surface area contributed by atoms with Gasteiger partial charge >= 0.3 is 5.97 Å². The monoisotopic (exact) mass is 537 g/mol. The van der Waals surface area contributed by atoms with Gasteiger partial charge in [-0.1, -0.05) is 32.6 Å². The number of anilines is 1. The van der Waals surface area contributed by atoms with Crippen LogP contribution in [0.25, 0.3) is 33.3 Å². The molecule has 0 aliphatic rings. The zero-order chi connectivity index (χ0) is 28.8. The Morgan fingerprint density at radius 3 is 2.67 bits per heavy atom. The van der Waals surface area contributed by atoms with E-state index in [0.717, 1.165) is 27.6 Å². The van der Waals surface area contributed by atoms with E-state index in [-0.39, 0.29) is 18.6 Å². The number of nitrogens with two attached hydrogens (primary N) is 1. The van der Waals surface area contributed by atoms with Crippen LogP contribution in [0.15, 0.2) is 73.6 Å².